The van der Waals surface area contributed by atoms with Gasteiger partial charge in [-0.25, -0.2) is 0 Å². The Kier molecular flexibility index (Phi) is 3.40. The van der Waals surface area contributed by atoms with Gasteiger partial charge in [-0.3, -0.25) is 0 Å². The summed E-state index contributed by atoms with van der Waals surface area (Å²) in [7, 11) is 1.71. The standard InChI is InChI=1S/C16H23NO2/c1-16(9-4-10-17-16)12-7-8-14(18-2)15(11-12)19-13-5-3-6-13/h7-8,11,13,17H,3-6,9-10H2,1-2H3. The summed E-state index contributed by atoms with van der Waals surface area (Å²) in [6, 6.07) is 6.36. The molecule has 19 heavy (non-hydrogen) atoms. The quantitative estimate of drug-likeness (QED) is 0.902. The maximum atomic E-state index is 6.06. The third-order valence-electron chi connectivity index (χ3n) is 4.52. The van der Waals surface area contributed by atoms with Crippen molar-refractivity contribution < 1.29 is 9.47 Å². The van der Waals surface area contributed by atoms with Crippen molar-refractivity contribution in [2.75, 3.05) is 13.7 Å². The van der Waals surface area contributed by atoms with E-state index in [9.17, 15) is 0 Å². The number of benzene rings is 1. The molecule has 1 aromatic carbocycles. The SMILES string of the molecule is COc1ccc(C2(C)CCCN2)cc1OC1CCC1. The molecule has 0 aromatic heterocycles. The maximum absolute atomic E-state index is 6.06. The Labute approximate surface area is 115 Å². The van der Waals surface area contributed by atoms with Crippen LogP contribution < -0.4 is 14.8 Å². The Hall–Kier alpha value is -1.22. The van der Waals surface area contributed by atoms with Crippen LogP contribution in [0.4, 0.5) is 0 Å². The highest BCUT2D eigenvalue weighted by Crippen LogP contribution is 2.38. The van der Waals surface area contributed by atoms with Gasteiger partial charge < -0.3 is 14.8 Å². The van der Waals surface area contributed by atoms with Crippen molar-refractivity contribution in [3.63, 3.8) is 0 Å². The van der Waals surface area contributed by atoms with Crippen LogP contribution in [0.3, 0.4) is 0 Å². The number of hydrogen-bond acceptors (Lipinski definition) is 3. The van der Waals surface area contributed by atoms with Gasteiger partial charge in [0.1, 0.15) is 0 Å². The molecule has 3 heteroatoms. The number of rotatable bonds is 4. The summed E-state index contributed by atoms with van der Waals surface area (Å²) in [6.45, 7) is 3.37. The monoisotopic (exact) mass is 261 g/mol. The van der Waals surface area contributed by atoms with Crippen molar-refractivity contribution in [2.24, 2.45) is 0 Å². The molecule has 3 nitrogen and oxygen atoms in total. The zero-order valence-corrected chi connectivity index (χ0v) is 11.9. The van der Waals surface area contributed by atoms with Gasteiger partial charge in [-0.05, 0) is 63.3 Å². The lowest BCUT2D eigenvalue weighted by Gasteiger charge is -2.29. The smallest absolute Gasteiger partial charge is 0.161 e. The number of nitrogens with one attached hydrogen (secondary N) is 1. The number of hydrogen-bond donors (Lipinski definition) is 1. The van der Waals surface area contributed by atoms with Crippen LogP contribution in [0.15, 0.2) is 18.2 Å². The highest BCUT2D eigenvalue weighted by molar-refractivity contribution is 5.45. The topological polar surface area (TPSA) is 30.5 Å². The van der Waals surface area contributed by atoms with E-state index >= 15 is 0 Å². The minimum atomic E-state index is 0.0873. The number of ether oxygens (including phenoxy) is 2. The van der Waals surface area contributed by atoms with Crippen LogP contribution in [0.1, 0.15) is 44.6 Å². The Morgan fingerprint density at radius 3 is 2.63 bits per heavy atom. The molecule has 104 valence electrons. The van der Waals surface area contributed by atoms with Crippen LogP contribution in [0.5, 0.6) is 11.5 Å². The van der Waals surface area contributed by atoms with Gasteiger partial charge in [0.25, 0.3) is 0 Å². The van der Waals surface area contributed by atoms with Crippen molar-refractivity contribution in [1.82, 2.24) is 5.32 Å². The Morgan fingerprint density at radius 1 is 1.21 bits per heavy atom. The van der Waals surface area contributed by atoms with Gasteiger partial charge in [-0.2, -0.15) is 0 Å². The lowest BCUT2D eigenvalue weighted by atomic mass is 9.90. The average molecular weight is 261 g/mol. The second kappa shape index (κ2) is 5.04. The first-order valence-electron chi connectivity index (χ1n) is 7.31. The van der Waals surface area contributed by atoms with Crippen LogP contribution in [-0.2, 0) is 5.54 Å². The van der Waals surface area contributed by atoms with Crippen molar-refractivity contribution in [3.05, 3.63) is 23.8 Å². The molecule has 1 unspecified atom stereocenters. The van der Waals surface area contributed by atoms with Crippen molar-refractivity contribution in [3.8, 4) is 11.5 Å². The van der Waals surface area contributed by atoms with Gasteiger partial charge in [0.15, 0.2) is 11.5 Å². The minimum Gasteiger partial charge on any atom is -0.493 e. The van der Waals surface area contributed by atoms with Crippen LogP contribution in [0.2, 0.25) is 0 Å². The number of methoxy groups -OCH3 is 1. The van der Waals surface area contributed by atoms with E-state index in [0.717, 1.165) is 18.0 Å². The van der Waals surface area contributed by atoms with Crippen LogP contribution >= 0.6 is 0 Å². The normalized spacial score (nSPS) is 27.1. The lowest BCUT2D eigenvalue weighted by molar-refractivity contribution is 0.116. The van der Waals surface area contributed by atoms with Gasteiger partial charge in [0.2, 0.25) is 0 Å². The van der Waals surface area contributed by atoms with Gasteiger partial charge in [-0.1, -0.05) is 6.07 Å². The first-order chi connectivity index (χ1) is 9.21. The molecule has 1 N–H and O–H groups in total. The molecule has 1 saturated carbocycles. The highest BCUT2D eigenvalue weighted by Gasteiger charge is 2.31. The Bertz CT molecular complexity index is 448. The summed E-state index contributed by atoms with van der Waals surface area (Å²) in [5.74, 6) is 1.75. The molecule has 1 atom stereocenters. The molecular formula is C16H23NO2. The molecule has 2 aliphatic rings. The van der Waals surface area contributed by atoms with Gasteiger partial charge in [0.05, 0.1) is 13.2 Å². The fourth-order valence-corrected chi connectivity index (χ4v) is 2.92. The first-order valence-corrected chi connectivity index (χ1v) is 7.31. The predicted molar refractivity (Wildman–Crippen MR) is 75.8 cm³/mol. The van der Waals surface area contributed by atoms with E-state index < -0.39 is 0 Å². The fraction of sp³-hybridized carbons (Fsp3) is 0.625. The zero-order valence-electron chi connectivity index (χ0n) is 11.9. The summed E-state index contributed by atoms with van der Waals surface area (Å²) in [5.41, 5.74) is 1.39. The lowest BCUT2D eigenvalue weighted by Crippen LogP contribution is -2.33. The largest absolute Gasteiger partial charge is 0.493 e. The molecule has 1 heterocycles. The molecule has 1 aliphatic heterocycles. The molecule has 0 spiro atoms. The summed E-state index contributed by atoms with van der Waals surface area (Å²) < 4.78 is 11.5. The first kappa shape index (κ1) is 12.8. The molecule has 3 rings (SSSR count). The highest BCUT2D eigenvalue weighted by atomic mass is 16.5. The van der Waals surface area contributed by atoms with E-state index in [1.165, 1.54) is 37.7 Å². The van der Waals surface area contributed by atoms with Gasteiger partial charge >= 0.3 is 0 Å². The molecule has 0 bridgehead atoms. The Balaban J connectivity index is 1.87. The van der Waals surface area contributed by atoms with Crippen molar-refractivity contribution >= 4 is 0 Å². The summed E-state index contributed by atoms with van der Waals surface area (Å²) in [6.07, 6.45) is 6.43. The molecule has 0 amide bonds. The third-order valence-corrected chi connectivity index (χ3v) is 4.52. The van der Waals surface area contributed by atoms with Crippen LogP contribution in [0, 0.1) is 0 Å². The van der Waals surface area contributed by atoms with Gasteiger partial charge in [-0.15, -0.1) is 0 Å². The van der Waals surface area contributed by atoms with E-state index in [1.54, 1.807) is 7.11 Å². The average Bonchev–Trinajstić information content (AvgIpc) is 2.82. The van der Waals surface area contributed by atoms with Crippen LogP contribution in [-0.4, -0.2) is 19.8 Å². The third kappa shape index (κ3) is 2.44. The Morgan fingerprint density at radius 2 is 2.05 bits per heavy atom. The van der Waals surface area contributed by atoms with Gasteiger partial charge in [0, 0.05) is 5.54 Å². The predicted octanol–water partition coefficient (Wildman–Crippen LogP) is 3.23. The molecule has 1 aromatic rings. The molecule has 2 fully saturated rings. The summed E-state index contributed by atoms with van der Waals surface area (Å²) in [4.78, 5) is 0. The van der Waals surface area contributed by atoms with Crippen molar-refractivity contribution in [1.29, 1.82) is 0 Å². The molecule has 1 aliphatic carbocycles. The summed E-state index contributed by atoms with van der Waals surface area (Å²) in [5, 5.41) is 3.60. The van der Waals surface area contributed by atoms with E-state index in [2.05, 4.69) is 24.4 Å². The van der Waals surface area contributed by atoms with Crippen molar-refractivity contribution in [2.45, 2.75) is 50.7 Å². The zero-order chi connectivity index (χ0) is 13.3. The van der Waals surface area contributed by atoms with E-state index in [-0.39, 0.29) is 5.54 Å². The molecule has 1 saturated heterocycles. The second-order valence-electron chi connectivity index (χ2n) is 5.90. The van der Waals surface area contributed by atoms with E-state index in [4.69, 9.17) is 9.47 Å². The molecule has 0 radical (unpaired) electrons. The van der Waals surface area contributed by atoms with E-state index in [1.807, 2.05) is 6.07 Å². The van der Waals surface area contributed by atoms with E-state index in [0.29, 0.717) is 6.10 Å². The minimum absolute atomic E-state index is 0.0873. The fourth-order valence-electron chi connectivity index (χ4n) is 2.92. The van der Waals surface area contributed by atoms with Crippen LogP contribution in [0.25, 0.3) is 0 Å². The second-order valence-corrected chi connectivity index (χ2v) is 5.90. The summed E-state index contributed by atoms with van der Waals surface area (Å²) >= 11 is 0. The molecular weight excluding hydrogens is 238 g/mol. The maximum Gasteiger partial charge on any atom is 0.161 e.